The molecule has 1 aliphatic heterocycles. The van der Waals surface area contributed by atoms with Gasteiger partial charge in [0.15, 0.2) is 0 Å². The van der Waals surface area contributed by atoms with E-state index >= 15 is 0 Å². The number of alkyl halides is 3. The summed E-state index contributed by atoms with van der Waals surface area (Å²) in [6, 6.07) is 5.51. The molecule has 2 unspecified atom stereocenters. The van der Waals surface area contributed by atoms with Crippen molar-refractivity contribution in [2.24, 2.45) is 5.92 Å². The minimum Gasteiger partial charge on any atom is -0.359 e. The Hall–Kier alpha value is -1.07. The van der Waals surface area contributed by atoms with E-state index in [-0.39, 0.29) is 5.56 Å². The fourth-order valence-corrected chi connectivity index (χ4v) is 1.87. The van der Waals surface area contributed by atoms with E-state index in [4.69, 9.17) is 4.74 Å². The second-order valence-corrected chi connectivity index (χ2v) is 4.31. The minimum absolute atomic E-state index is 0.159. The van der Waals surface area contributed by atoms with Crippen molar-refractivity contribution in [3.63, 3.8) is 0 Å². The molecular formula is C12H14F3NO. The maximum absolute atomic E-state index is 12.8. The smallest absolute Gasteiger partial charge is 0.359 e. The molecule has 1 fully saturated rings. The van der Waals surface area contributed by atoms with Gasteiger partial charge >= 0.3 is 6.18 Å². The van der Waals surface area contributed by atoms with E-state index < -0.39 is 18.0 Å². The van der Waals surface area contributed by atoms with Crippen LogP contribution in [-0.4, -0.2) is 13.2 Å². The van der Waals surface area contributed by atoms with Crippen LogP contribution in [-0.2, 0) is 10.9 Å². The molecule has 0 bridgehead atoms. The summed E-state index contributed by atoms with van der Waals surface area (Å²) in [5.41, 5.74) is -0.473. The average molecular weight is 245 g/mol. The first-order valence-corrected chi connectivity index (χ1v) is 5.49. The zero-order chi connectivity index (χ0) is 12.5. The largest absolute Gasteiger partial charge is 0.416 e. The first-order chi connectivity index (χ1) is 7.98. The number of halogens is 3. The van der Waals surface area contributed by atoms with Crippen LogP contribution >= 0.6 is 0 Å². The van der Waals surface area contributed by atoms with Gasteiger partial charge in [-0.05, 0) is 12.0 Å². The molecule has 0 aliphatic carbocycles. The molecule has 1 aliphatic rings. The first kappa shape index (κ1) is 12.4. The van der Waals surface area contributed by atoms with E-state index in [1.807, 2.05) is 6.92 Å². The fraction of sp³-hybridized carbons (Fsp3) is 0.500. The lowest BCUT2D eigenvalue weighted by atomic mass is 10.0. The van der Waals surface area contributed by atoms with Crippen LogP contribution < -0.4 is 5.32 Å². The van der Waals surface area contributed by atoms with E-state index in [1.165, 1.54) is 12.1 Å². The van der Waals surface area contributed by atoms with E-state index in [1.54, 1.807) is 6.07 Å². The average Bonchev–Trinajstić information content (AvgIpc) is 2.29. The summed E-state index contributed by atoms with van der Waals surface area (Å²) in [5.74, 6) is 0.323. The van der Waals surface area contributed by atoms with Gasteiger partial charge in [0.25, 0.3) is 0 Å². The molecule has 1 aromatic rings. The van der Waals surface area contributed by atoms with Crippen molar-refractivity contribution in [1.82, 2.24) is 5.32 Å². The van der Waals surface area contributed by atoms with Gasteiger partial charge in [-0.1, -0.05) is 25.1 Å². The quantitative estimate of drug-likeness (QED) is 0.821. The van der Waals surface area contributed by atoms with Crippen molar-refractivity contribution in [2.75, 3.05) is 13.2 Å². The van der Waals surface area contributed by atoms with Crippen LogP contribution in [0.4, 0.5) is 13.2 Å². The van der Waals surface area contributed by atoms with Gasteiger partial charge in [0, 0.05) is 12.1 Å². The van der Waals surface area contributed by atoms with Gasteiger partial charge in [0.2, 0.25) is 0 Å². The van der Waals surface area contributed by atoms with Crippen LogP contribution in [0.5, 0.6) is 0 Å². The van der Waals surface area contributed by atoms with Gasteiger partial charge in [-0.2, -0.15) is 13.2 Å². The number of rotatable bonds is 1. The molecule has 1 N–H and O–H groups in total. The highest BCUT2D eigenvalue weighted by atomic mass is 19.4. The topological polar surface area (TPSA) is 21.3 Å². The Bertz CT molecular complexity index is 384. The molecule has 2 atom stereocenters. The number of nitrogens with one attached hydrogen (secondary N) is 1. The number of ether oxygens (including phenoxy) is 1. The predicted octanol–water partition coefficient (Wildman–Crippen LogP) is 2.96. The number of hydrogen-bond acceptors (Lipinski definition) is 2. The fourth-order valence-electron chi connectivity index (χ4n) is 1.87. The van der Waals surface area contributed by atoms with Crippen molar-refractivity contribution < 1.29 is 17.9 Å². The van der Waals surface area contributed by atoms with Crippen LogP contribution in [0.1, 0.15) is 24.3 Å². The van der Waals surface area contributed by atoms with Crippen molar-refractivity contribution >= 4 is 0 Å². The highest BCUT2D eigenvalue weighted by Crippen LogP contribution is 2.35. The third-order valence-corrected chi connectivity index (χ3v) is 2.75. The molecule has 94 valence electrons. The van der Waals surface area contributed by atoms with Crippen LogP contribution in [0.25, 0.3) is 0 Å². The Balaban J connectivity index is 2.26. The highest BCUT2D eigenvalue weighted by molar-refractivity contribution is 5.31. The molecular weight excluding hydrogens is 231 g/mol. The Morgan fingerprint density at radius 2 is 2.00 bits per heavy atom. The van der Waals surface area contributed by atoms with Crippen molar-refractivity contribution in [1.29, 1.82) is 0 Å². The summed E-state index contributed by atoms with van der Waals surface area (Å²) in [5, 5.41) is 2.98. The number of benzene rings is 1. The van der Waals surface area contributed by atoms with Crippen LogP contribution in [0.15, 0.2) is 24.3 Å². The molecule has 1 saturated heterocycles. The SMILES string of the molecule is CC1CNC(c2ccccc2C(F)(F)F)OC1. The molecule has 1 heterocycles. The molecule has 0 saturated carbocycles. The third-order valence-electron chi connectivity index (χ3n) is 2.75. The zero-order valence-corrected chi connectivity index (χ0v) is 9.42. The first-order valence-electron chi connectivity index (χ1n) is 5.49. The Morgan fingerprint density at radius 1 is 1.29 bits per heavy atom. The van der Waals surface area contributed by atoms with Crippen LogP contribution in [0.2, 0.25) is 0 Å². The van der Waals surface area contributed by atoms with Crippen molar-refractivity contribution in [3.05, 3.63) is 35.4 Å². The second-order valence-electron chi connectivity index (χ2n) is 4.31. The van der Waals surface area contributed by atoms with E-state index in [0.29, 0.717) is 19.1 Å². The van der Waals surface area contributed by atoms with Crippen LogP contribution in [0.3, 0.4) is 0 Å². The van der Waals surface area contributed by atoms with E-state index in [9.17, 15) is 13.2 Å². The molecule has 2 nitrogen and oxygen atoms in total. The third kappa shape index (κ3) is 2.79. The molecule has 5 heteroatoms. The standard InChI is InChI=1S/C12H14F3NO/c1-8-6-16-11(17-7-8)9-4-2-3-5-10(9)12(13,14)15/h2-5,8,11,16H,6-7H2,1H3. The maximum Gasteiger partial charge on any atom is 0.416 e. The molecule has 0 aromatic heterocycles. The molecule has 0 radical (unpaired) electrons. The zero-order valence-electron chi connectivity index (χ0n) is 9.42. The minimum atomic E-state index is -4.34. The summed E-state index contributed by atoms with van der Waals surface area (Å²) in [7, 11) is 0. The summed E-state index contributed by atoms with van der Waals surface area (Å²) in [6.45, 7) is 3.12. The summed E-state index contributed by atoms with van der Waals surface area (Å²) < 4.78 is 43.8. The molecule has 0 spiro atoms. The molecule has 2 rings (SSSR count). The highest BCUT2D eigenvalue weighted by Gasteiger charge is 2.35. The van der Waals surface area contributed by atoms with Gasteiger partial charge in [-0.25, -0.2) is 0 Å². The predicted molar refractivity (Wildman–Crippen MR) is 57.3 cm³/mol. The van der Waals surface area contributed by atoms with Gasteiger partial charge in [0.1, 0.15) is 6.23 Å². The lowest BCUT2D eigenvalue weighted by Gasteiger charge is -2.30. The summed E-state index contributed by atoms with van der Waals surface area (Å²) in [4.78, 5) is 0. The lowest BCUT2D eigenvalue weighted by Crippen LogP contribution is -2.37. The van der Waals surface area contributed by atoms with Crippen molar-refractivity contribution in [3.8, 4) is 0 Å². The molecule has 0 amide bonds. The van der Waals surface area contributed by atoms with Crippen LogP contribution in [0, 0.1) is 5.92 Å². The maximum atomic E-state index is 12.8. The second kappa shape index (κ2) is 4.66. The number of hydrogen-bond donors (Lipinski definition) is 1. The molecule has 1 aromatic carbocycles. The lowest BCUT2D eigenvalue weighted by molar-refractivity contribution is -0.140. The van der Waals surface area contributed by atoms with Crippen molar-refractivity contribution in [2.45, 2.75) is 19.3 Å². The van der Waals surface area contributed by atoms with Gasteiger partial charge < -0.3 is 4.74 Å². The Labute approximate surface area is 97.8 Å². The van der Waals surface area contributed by atoms with Gasteiger partial charge in [-0.15, -0.1) is 0 Å². The molecule has 17 heavy (non-hydrogen) atoms. The van der Waals surface area contributed by atoms with Gasteiger partial charge in [0.05, 0.1) is 12.2 Å². The summed E-state index contributed by atoms with van der Waals surface area (Å²) >= 11 is 0. The summed E-state index contributed by atoms with van der Waals surface area (Å²) in [6.07, 6.45) is -5.01. The normalized spacial score (nSPS) is 25.9. The monoisotopic (exact) mass is 245 g/mol. The Morgan fingerprint density at radius 3 is 2.59 bits per heavy atom. The van der Waals surface area contributed by atoms with E-state index in [2.05, 4.69) is 5.32 Å². The Kier molecular flexibility index (Phi) is 3.40. The van der Waals surface area contributed by atoms with Gasteiger partial charge in [-0.3, -0.25) is 5.32 Å². The van der Waals surface area contributed by atoms with E-state index in [0.717, 1.165) is 6.07 Å².